The molecule has 0 bridgehead atoms. The Morgan fingerprint density at radius 3 is 2.16 bits per heavy atom. The molecule has 0 aromatic heterocycles. The molecule has 4 rings (SSSR count). The topological polar surface area (TPSA) is 0 Å². The number of benzene rings is 2. The fourth-order valence-corrected chi connectivity index (χ4v) is 32.2. The zero-order chi connectivity index (χ0) is 21.4. The van der Waals surface area contributed by atoms with Crippen molar-refractivity contribution in [2.45, 2.75) is 74.5 Å². The predicted octanol–water partition coefficient (Wildman–Crippen LogP) is 7.86. The molecule has 0 amide bonds. The number of fused-ring (bicyclic) bond motifs is 3. The number of hydrogen-bond donors (Lipinski definition) is 0. The molecule has 0 saturated carbocycles. The second kappa shape index (κ2) is 10.9. The summed E-state index contributed by atoms with van der Waals surface area (Å²) in [6.07, 6.45) is 15.0. The Bertz CT molecular complexity index is 1100. The van der Waals surface area contributed by atoms with Crippen molar-refractivity contribution >= 4 is 35.0 Å². The SMILES string of the molecule is CCC[CH2][Zr](=[SiH2])([CH2]CCC)([C]1=CC=CC1)[c]1c(C)ccc2c1Cc1cc(C)ccc1-2.Cl.Cl. The van der Waals surface area contributed by atoms with Crippen LogP contribution >= 0.6 is 24.8 Å². The van der Waals surface area contributed by atoms with Crippen molar-refractivity contribution in [1.29, 1.82) is 0 Å². The standard InChI is InChI=1S/C15H13.C5H5.2C4H9.2ClH.H2Si.Zr/c1-10-3-5-14-12(7-10)9-13-8-11(2)4-6-15(13)14;1-2-4-5-3-1;2*1-3-4-2;;;;/h3-7H,9H2,1-2H3;1-3H,4H2;2*1,3-4H2,2H3;2*1H;1H2;. The molecule has 0 spiro atoms. The molecule has 0 unspecified atom stereocenters. The van der Waals surface area contributed by atoms with Gasteiger partial charge >= 0.3 is 187 Å². The van der Waals surface area contributed by atoms with Gasteiger partial charge in [0.1, 0.15) is 0 Å². The molecule has 174 valence electrons. The molecule has 0 fully saturated rings. The molecule has 0 radical (unpaired) electrons. The summed E-state index contributed by atoms with van der Waals surface area (Å²) in [6.45, 7) is 12.0. The molecule has 4 heteroatoms. The second-order valence-electron chi connectivity index (χ2n) is 10.1. The van der Waals surface area contributed by atoms with Crippen molar-refractivity contribution in [2.24, 2.45) is 0 Å². The van der Waals surface area contributed by atoms with E-state index in [2.05, 4.69) is 83.1 Å². The summed E-state index contributed by atoms with van der Waals surface area (Å²) in [7, 11) is 0. The average Bonchev–Trinajstić information content (AvgIpc) is 3.39. The van der Waals surface area contributed by atoms with Gasteiger partial charge in [-0.15, -0.1) is 24.8 Å². The molecule has 0 atom stereocenters. The van der Waals surface area contributed by atoms with Gasteiger partial charge in [-0.3, -0.25) is 0 Å². The summed E-state index contributed by atoms with van der Waals surface area (Å²) in [4.78, 5) is 0. The maximum Gasteiger partial charge on any atom is -0.147 e. The van der Waals surface area contributed by atoms with Crippen molar-refractivity contribution < 1.29 is 17.4 Å². The Balaban J connectivity index is 0.00000181. The van der Waals surface area contributed by atoms with Gasteiger partial charge in [0.15, 0.2) is 0 Å². The predicted molar refractivity (Wildman–Crippen MR) is 148 cm³/mol. The van der Waals surface area contributed by atoms with E-state index in [1.807, 2.05) is 6.55 Å². The van der Waals surface area contributed by atoms with Gasteiger partial charge in [-0.2, -0.15) is 0 Å². The van der Waals surface area contributed by atoms with E-state index in [9.17, 15) is 0 Å². The molecule has 32 heavy (non-hydrogen) atoms. The molecule has 0 N–H and O–H groups in total. The van der Waals surface area contributed by atoms with Gasteiger partial charge in [0.05, 0.1) is 0 Å². The first-order valence-corrected chi connectivity index (χ1v) is 23.9. The third kappa shape index (κ3) is 4.59. The van der Waals surface area contributed by atoms with Gasteiger partial charge in [0.25, 0.3) is 0 Å². The van der Waals surface area contributed by atoms with Crippen molar-refractivity contribution in [1.82, 2.24) is 0 Å². The van der Waals surface area contributed by atoms with Gasteiger partial charge in [-0.25, -0.2) is 0 Å². The van der Waals surface area contributed by atoms with Gasteiger partial charge in [0.2, 0.25) is 0 Å². The normalized spacial score (nSPS) is 14.3. The maximum atomic E-state index is 2.55. The summed E-state index contributed by atoms with van der Waals surface area (Å²) in [5.41, 5.74) is 9.26. The number of rotatable bonds is 8. The molecule has 0 nitrogen and oxygen atoms in total. The van der Waals surface area contributed by atoms with E-state index < -0.39 is 17.4 Å². The fraction of sp³-hybridized carbons (Fsp3) is 0.429. The van der Waals surface area contributed by atoms with Crippen molar-refractivity contribution in [3.63, 3.8) is 0 Å². The Kier molecular flexibility index (Phi) is 9.48. The van der Waals surface area contributed by atoms with Crippen LogP contribution in [0.3, 0.4) is 0 Å². The first kappa shape index (κ1) is 27.8. The van der Waals surface area contributed by atoms with Gasteiger partial charge < -0.3 is 0 Å². The van der Waals surface area contributed by atoms with Crippen molar-refractivity contribution in [2.75, 3.05) is 0 Å². The summed E-state index contributed by atoms with van der Waals surface area (Å²) < 4.78 is 6.67. The molecule has 2 aliphatic carbocycles. The van der Waals surface area contributed by atoms with Gasteiger partial charge in [-0.1, -0.05) is 0 Å². The summed E-state index contributed by atoms with van der Waals surface area (Å²) in [5, 5.41) is 0. The van der Waals surface area contributed by atoms with Crippen LogP contribution in [-0.4, -0.2) is 6.88 Å². The molecular weight excluding hydrogens is 527 g/mol. The number of unbranched alkanes of at least 4 members (excludes halogenated alkanes) is 2. The first-order valence-electron chi connectivity index (χ1n) is 12.0. The zero-order valence-electron chi connectivity index (χ0n) is 20.3. The van der Waals surface area contributed by atoms with Gasteiger partial charge in [-0.05, 0) is 0 Å². The van der Waals surface area contributed by atoms with Crippen LogP contribution in [0.2, 0.25) is 8.26 Å². The monoisotopic (exact) mass is 564 g/mol. The van der Waals surface area contributed by atoms with Crippen LogP contribution in [0.1, 0.15) is 68.2 Å². The zero-order valence-corrected chi connectivity index (χ0v) is 25.8. The van der Waals surface area contributed by atoms with Crippen LogP contribution in [0.4, 0.5) is 0 Å². The number of aryl methyl sites for hydroxylation is 2. The quantitative estimate of drug-likeness (QED) is 0.244. The first-order chi connectivity index (χ1) is 14.4. The largest absolute Gasteiger partial charge is 0.147 e. The van der Waals surface area contributed by atoms with Crippen LogP contribution in [0.15, 0.2) is 51.8 Å². The fourth-order valence-electron chi connectivity index (χ4n) is 6.43. The molecule has 0 aliphatic heterocycles. The van der Waals surface area contributed by atoms with E-state index in [0.29, 0.717) is 0 Å². The Hall–Kier alpha value is -0.400. The van der Waals surface area contributed by atoms with Crippen molar-refractivity contribution in [3.8, 4) is 11.1 Å². The minimum absolute atomic E-state index is 0. The molecular formula is C28H40Cl2SiZr. The number of allylic oxidation sites excluding steroid dienone is 4. The minimum atomic E-state index is -3.40. The van der Waals surface area contributed by atoms with Crippen LogP contribution in [0.5, 0.6) is 0 Å². The number of hydrogen-bond acceptors (Lipinski definition) is 0. The second-order valence-corrected chi connectivity index (χ2v) is 35.0. The Morgan fingerprint density at radius 2 is 1.56 bits per heavy atom. The summed E-state index contributed by atoms with van der Waals surface area (Å²) in [5.74, 6) is 0. The van der Waals surface area contributed by atoms with Crippen LogP contribution in [0.25, 0.3) is 11.1 Å². The van der Waals surface area contributed by atoms with Crippen LogP contribution in [0, 0.1) is 13.8 Å². The van der Waals surface area contributed by atoms with Crippen LogP contribution in [-0.2, 0) is 23.8 Å². The summed E-state index contributed by atoms with van der Waals surface area (Å²) >= 11 is -3.40. The van der Waals surface area contributed by atoms with E-state index >= 15 is 0 Å². The molecule has 2 aromatic carbocycles. The van der Waals surface area contributed by atoms with E-state index in [0.717, 1.165) is 6.42 Å². The van der Waals surface area contributed by atoms with E-state index in [4.69, 9.17) is 0 Å². The van der Waals surface area contributed by atoms with E-state index in [-0.39, 0.29) is 24.8 Å². The van der Waals surface area contributed by atoms with Gasteiger partial charge in [0, 0.05) is 0 Å². The third-order valence-electron chi connectivity index (χ3n) is 7.98. The Morgan fingerprint density at radius 1 is 0.906 bits per heavy atom. The van der Waals surface area contributed by atoms with E-state index in [1.54, 1.807) is 16.7 Å². The van der Waals surface area contributed by atoms with E-state index in [1.165, 1.54) is 57.1 Å². The summed E-state index contributed by atoms with van der Waals surface area (Å²) in [6, 6.07) is 12.0. The maximum absolute atomic E-state index is 3.40. The average molecular weight is 567 g/mol. The molecule has 0 saturated heterocycles. The van der Waals surface area contributed by atoms with Crippen molar-refractivity contribution in [3.05, 3.63) is 74.1 Å². The third-order valence-corrected chi connectivity index (χ3v) is 34.6. The number of halogens is 2. The van der Waals surface area contributed by atoms with Crippen LogP contribution < -0.4 is 3.27 Å². The molecule has 0 heterocycles. The smallest absolute Gasteiger partial charge is 0.147 e. The Labute approximate surface area is 210 Å². The minimum Gasteiger partial charge on any atom is -0.147 e. The molecule has 2 aliphatic rings. The molecule has 2 aromatic rings.